The van der Waals surface area contributed by atoms with Crippen molar-refractivity contribution in [3.05, 3.63) is 66.3 Å². The summed E-state index contributed by atoms with van der Waals surface area (Å²) in [6.07, 6.45) is 1.77. The molecule has 4 aromatic heterocycles. The lowest BCUT2D eigenvalue weighted by molar-refractivity contribution is -0.0384. The fraction of sp³-hybridized carbons (Fsp3) is 0.444. The third kappa shape index (κ3) is 5.90. The SMILES string of the molecule is CCn1nnc([C@H]2O[C@@H](n3cnc4c(N(CO)CCc5ccccc5)nc(NCCc5cn(C)cn5)nc43)[C@H](O)[C@@H]2O)n1. The zero-order valence-electron chi connectivity index (χ0n) is 23.8. The molecule has 1 fully saturated rings. The van der Waals surface area contributed by atoms with Crippen molar-refractivity contribution in [3.8, 4) is 0 Å². The average Bonchev–Trinajstić information content (AvgIpc) is 3.82. The van der Waals surface area contributed by atoms with Crippen molar-refractivity contribution in [2.45, 2.75) is 50.8 Å². The zero-order valence-corrected chi connectivity index (χ0v) is 23.8. The van der Waals surface area contributed by atoms with Crippen molar-refractivity contribution in [1.29, 1.82) is 0 Å². The number of imidazole rings is 2. The van der Waals surface area contributed by atoms with E-state index in [0.29, 0.717) is 55.4 Å². The van der Waals surface area contributed by atoms with E-state index in [1.807, 2.05) is 55.1 Å². The number of aliphatic hydroxyl groups excluding tert-OH is 3. The molecule has 0 spiro atoms. The number of ether oxygens (including phenoxy) is 1. The molecule has 16 nitrogen and oxygen atoms in total. The monoisotopic (exact) mass is 590 g/mol. The molecule has 1 aliphatic heterocycles. The van der Waals surface area contributed by atoms with Crippen LogP contribution in [0, 0.1) is 0 Å². The van der Waals surface area contributed by atoms with E-state index in [-0.39, 0.29) is 12.6 Å². The lowest BCUT2D eigenvalue weighted by Gasteiger charge is -2.22. The number of aliphatic hydroxyl groups is 3. The Bertz CT molecular complexity index is 1650. The maximum absolute atomic E-state index is 11.0. The molecule has 226 valence electrons. The van der Waals surface area contributed by atoms with Crippen molar-refractivity contribution in [3.63, 3.8) is 0 Å². The molecule has 0 aliphatic carbocycles. The maximum Gasteiger partial charge on any atom is 0.226 e. The number of hydrogen-bond donors (Lipinski definition) is 4. The maximum atomic E-state index is 11.0. The fourth-order valence-corrected chi connectivity index (χ4v) is 5.04. The summed E-state index contributed by atoms with van der Waals surface area (Å²) in [5, 5.41) is 47.7. The predicted molar refractivity (Wildman–Crippen MR) is 154 cm³/mol. The molecule has 0 bridgehead atoms. The van der Waals surface area contributed by atoms with Crippen LogP contribution in [-0.2, 0) is 31.2 Å². The highest BCUT2D eigenvalue weighted by Gasteiger charge is 2.47. The van der Waals surface area contributed by atoms with Crippen LogP contribution < -0.4 is 10.2 Å². The Kier molecular flexibility index (Phi) is 8.24. The van der Waals surface area contributed by atoms with Crippen LogP contribution in [0.2, 0.25) is 0 Å². The van der Waals surface area contributed by atoms with Gasteiger partial charge in [-0.15, -0.1) is 10.2 Å². The van der Waals surface area contributed by atoms with E-state index in [4.69, 9.17) is 14.7 Å². The minimum absolute atomic E-state index is 0.167. The summed E-state index contributed by atoms with van der Waals surface area (Å²) in [5.41, 5.74) is 2.78. The third-order valence-corrected chi connectivity index (χ3v) is 7.33. The molecule has 5 aromatic rings. The first-order valence-corrected chi connectivity index (χ1v) is 14.1. The number of hydrogen-bond acceptors (Lipinski definition) is 13. The summed E-state index contributed by atoms with van der Waals surface area (Å²) >= 11 is 0. The van der Waals surface area contributed by atoms with Gasteiger partial charge in [-0.3, -0.25) is 4.57 Å². The van der Waals surface area contributed by atoms with Crippen molar-refractivity contribution < 1.29 is 20.1 Å². The van der Waals surface area contributed by atoms with Gasteiger partial charge in [0.05, 0.1) is 24.9 Å². The molecule has 16 heteroatoms. The molecular weight excluding hydrogens is 556 g/mol. The topological polar surface area (TPSA) is 190 Å². The Morgan fingerprint density at radius 1 is 1.05 bits per heavy atom. The number of rotatable bonds is 12. The Labute approximate surface area is 246 Å². The number of benzene rings is 1. The van der Waals surface area contributed by atoms with Gasteiger partial charge >= 0.3 is 0 Å². The quantitative estimate of drug-likeness (QED) is 0.144. The number of nitrogens with zero attached hydrogens (tertiary/aromatic N) is 11. The molecule has 5 heterocycles. The van der Waals surface area contributed by atoms with E-state index >= 15 is 0 Å². The second-order valence-electron chi connectivity index (χ2n) is 10.3. The number of nitrogens with one attached hydrogen (secondary N) is 1. The van der Waals surface area contributed by atoms with Gasteiger partial charge in [-0.2, -0.15) is 14.8 Å². The largest absolute Gasteiger partial charge is 0.387 e. The number of tetrazole rings is 1. The highest BCUT2D eigenvalue weighted by atomic mass is 16.6. The molecule has 4 N–H and O–H groups in total. The van der Waals surface area contributed by atoms with Crippen molar-refractivity contribution in [1.82, 2.24) is 49.3 Å². The summed E-state index contributed by atoms with van der Waals surface area (Å²) in [4.78, 5) is 21.5. The smallest absolute Gasteiger partial charge is 0.226 e. The van der Waals surface area contributed by atoms with Crippen LogP contribution >= 0.6 is 0 Å². The van der Waals surface area contributed by atoms with Gasteiger partial charge in [0.15, 0.2) is 29.3 Å². The van der Waals surface area contributed by atoms with E-state index in [1.54, 1.807) is 15.8 Å². The lowest BCUT2D eigenvalue weighted by atomic mass is 10.1. The highest BCUT2D eigenvalue weighted by molar-refractivity contribution is 5.85. The van der Waals surface area contributed by atoms with Gasteiger partial charge in [0, 0.05) is 32.8 Å². The lowest BCUT2D eigenvalue weighted by Crippen LogP contribution is -2.30. The molecule has 1 aliphatic rings. The Morgan fingerprint density at radius 3 is 2.60 bits per heavy atom. The van der Waals surface area contributed by atoms with Crippen molar-refractivity contribution in [2.24, 2.45) is 7.05 Å². The standard InChI is InChI=1S/C27H34N12O4/c1-3-39-34-23(33-35-39)22-20(41)21(42)26(43-22)38-15-30-19-24(37(16-40)12-10-17-7-5-4-6-8-17)31-27(32-25(19)38)28-11-9-18-13-36(2)14-29-18/h4-8,13-15,20-22,26,40-42H,3,9-12,16H2,1-2H3,(H,28,31,32)/t20-,21+,22-,26+/m0/s1. The van der Waals surface area contributed by atoms with Gasteiger partial charge in [0.1, 0.15) is 18.9 Å². The van der Waals surface area contributed by atoms with E-state index in [2.05, 4.69) is 30.7 Å². The summed E-state index contributed by atoms with van der Waals surface area (Å²) in [6, 6.07) is 9.96. The number of aryl methyl sites for hydroxylation is 2. The highest BCUT2D eigenvalue weighted by Crippen LogP contribution is 2.39. The Balaban J connectivity index is 1.32. The molecule has 0 radical (unpaired) electrons. The predicted octanol–water partition coefficient (Wildman–Crippen LogP) is 0.212. The first-order valence-electron chi connectivity index (χ1n) is 14.1. The van der Waals surface area contributed by atoms with Gasteiger partial charge < -0.3 is 34.8 Å². The average molecular weight is 591 g/mol. The molecule has 1 aromatic carbocycles. The second kappa shape index (κ2) is 12.4. The Hall–Kier alpha value is -4.51. The number of anilines is 2. The van der Waals surface area contributed by atoms with E-state index in [9.17, 15) is 15.3 Å². The second-order valence-corrected chi connectivity index (χ2v) is 10.3. The first-order chi connectivity index (χ1) is 20.9. The van der Waals surface area contributed by atoms with E-state index in [1.165, 1.54) is 11.1 Å². The van der Waals surface area contributed by atoms with Crippen LogP contribution in [0.15, 0.2) is 49.2 Å². The van der Waals surface area contributed by atoms with Gasteiger partial charge in [-0.1, -0.05) is 30.3 Å². The third-order valence-electron chi connectivity index (χ3n) is 7.33. The molecule has 43 heavy (non-hydrogen) atoms. The van der Waals surface area contributed by atoms with Gasteiger partial charge in [0.2, 0.25) is 11.8 Å². The van der Waals surface area contributed by atoms with Gasteiger partial charge in [0.25, 0.3) is 0 Å². The fourth-order valence-electron chi connectivity index (χ4n) is 5.04. The number of fused-ring (bicyclic) bond motifs is 1. The van der Waals surface area contributed by atoms with Crippen LogP contribution in [0.4, 0.5) is 11.8 Å². The minimum Gasteiger partial charge on any atom is -0.387 e. The molecule has 1 saturated heterocycles. The molecule has 0 amide bonds. The minimum atomic E-state index is -1.33. The van der Waals surface area contributed by atoms with E-state index in [0.717, 1.165) is 11.3 Å². The van der Waals surface area contributed by atoms with Crippen LogP contribution in [0.3, 0.4) is 0 Å². The molecule has 6 rings (SSSR count). The molecule has 0 saturated carbocycles. The van der Waals surface area contributed by atoms with Gasteiger partial charge in [-0.05, 0) is 24.1 Å². The Morgan fingerprint density at radius 2 is 1.88 bits per heavy atom. The van der Waals surface area contributed by atoms with Crippen LogP contribution in [0.1, 0.15) is 36.3 Å². The van der Waals surface area contributed by atoms with Crippen molar-refractivity contribution in [2.75, 3.05) is 30.0 Å². The molecule has 4 atom stereocenters. The summed E-state index contributed by atoms with van der Waals surface area (Å²) < 4.78 is 9.52. The number of aromatic nitrogens is 10. The molecular formula is C27H34N12O4. The van der Waals surface area contributed by atoms with Crippen LogP contribution in [-0.4, -0.2) is 96.6 Å². The summed E-state index contributed by atoms with van der Waals surface area (Å²) in [6.45, 7) is 3.02. The van der Waals surface area contributed by atoms with Crippen LogP contribution in [0.5, 0.6) is 0 Å². The van der Waals surface area contributed by atoms with Gasteiger partial charge in [-0.25, -0.2) is 9.97 Å². The van der Waals surface area contributed by atoms with Crippen molar-refractivity contribution >= 4 is 22.9 Å². The molecule has 0 unspecified atom stereocenters. The van der Waals surface area contributed by atoms with Crippen LogP contribution in [0.25, 0.3) is 11.2 Å². The first kappa shape index (κ1) is 28.6. The summed E-state index contributed by atoms with van der Waals surface area (Å²) in [7, 11) is 1.91. The van der Waals surface area contributed by atoms with E-state index < -0.39 is 24.5 Å². The zero-order chi connectivity index (χ0) is 29.9. The normalized spacial score (nSPS) is 20.2. The summed E-state index contributed by atoms with van der Waals surface area (Å²) in [5.74, 6) is 0.884.